The molecule has 0 saturated heterocycles. The fourth-order valence-corrected chi connectivity index (χ4v) is 3.39. The molecule has 0 fully saturated rings. The Kier molecular flexibility index (Phi) is 4.71. The van der Waals surface area contributed by atoms with Gasteiger partial charge in [-0.3, -0.25) is 14.6 Å². The van der Waals surface area contributed by atoms with Crippen LogP contribution in [-0.4, -0.2) is 26.7 Å². The maximum atomic E-state index is 13.0. The van der Waals surface area contributed by atoms with Crippen molar-refractivity contribution in [1.29, 1.82) is 0 Å². The molecule has 1 unspecified atom stereocenters. The van der Waals surface area contributed by atoms with Gasteiger partial charge in [0.25, 0.3) is 5.91 Å². The van der Waals surface area contributed by atoms with Crippen molar-refractivity contribution in [1.82, 2.24) is 9.88 Å². The maximum absolute atomic E-state index is 13.0. The molecule has 3 aromatic rings. The van der Waals surface area contributed by atoms with Crippen LogP contribution in [-0.2, 0) is 11.3 Å². The summed E-state index contributed by atoms with van der Waals surface area (Å²) in [5.74, 6) is -1.67. The third-order valence-corrected chi connectivity index (χ3v) is 4.83. The van der Waals surface area contributed by atoms with E-state index in [4.69, 9.17) is 16.0 Å². The van der Waals surface area contributed by atoms with Crippen LogP contribution >= 0.6 is 11.6 Å². The van der Waals surface area contributed by atoms with Gasteiger partial charge in [-0.1, -0.05) is 23.7 Å². The van der Waals surface area contributed by atoms with Gasteiger partial charge in [0.2, 0.25) is 5.78 Å². The molecule has 1 amide bonds. The number of aromatic nitrogens is 1. The van der Waals surface area contributed by atoms with Gasteiger partial charge in [-0.2, -0.15) is 0 Å². The average molecular weight is 395 g/mol. The molecule has 28 heavy (non-hydrogen) atoms. The SMILES string of the molecule is O=C(C1=C(O)C(=O)N(Cc2ccncc2)C1c1ccc(Cl)cc1)c1ccco1. The highest BCUT2D eigenvalue weighted by Crippen LogP contribution is 2.40. The van der Waals surface area contributed by atoms with Crippen LogP contribution in [0.5, 0.6) is 0 Å². The third-order valence-electron chi connectivity index (χ3n) is 4.58. The number of amides is 1. The number of nitrogens with zero attached hydrogens (tertiary/aromatic N) is 2. The fourth-order valence-electron chi connectivity index (χ4n) is 3.27. The van der Waals surface area contributed by atoms with Gasteiger partial charge in [0.05, 0.1) is 17.9 Å². The quantitative estimate of drug-likeness (QED) is 0.658. The van der Waals surface area contributed by atoms with Gasteiger partial charge in [-0.25, -0.2) is 0 Å². The van der Waals surface area contributed by atoms with Crippen LogP contribution in [0.2, 0.25) is 5.02 Å². The van der Waals surface area contributed by atoms with Crippen molar-refractivity contribution in [2.75, 3.05) is 0 Å². The van der Waals surface area contributed by atoms with Crippen LogP contribution in [0.15, 0.2) is 82.9 Å². The topological polar surface area (TPSA) is 83.6 Å². The predicted octanol–water partition coefficient (Wildman–Crippen LogP) is 4.11. The summed E-state index contributed by atoms with van der Waals surface area (Å²) in [6.45, 7) is 0.202. The normalized spacial score (nSPS) is 16.7. The molecule has 4 rings (SSSR count). The molecule has 6 nitrogen and oxygen atoms in total. The minimum Gasteiger partial charge on any atom is -0.503 e. The van der Waals surface area contributed by atoms with Crippen LogP contribution in [0.1, 0.15) is 27.7 Å². The third kappa shape index (κ3) is 3.18. The lowest BCUT2D eigenvalue weighted by Crippen LogP contribution is -2.30. The number of rotatable bonds is 5. The summed E-state index contributed by atoms with van der Waals surface area (Å²) < 4.78 is 5.19. The van der Waals surface area contributed by atoms with E-state index in [-0.39, 0.29) is 17.9 Å². The predicted molar refractivity (Wildman–Crippen MR) is 102 cm³/mol. The zero-order chi connectivity index (χ0) is 19.7. The molecule has 1 N–H and O–H groups in total. The Balaban J connectivity index is 1.79. The van der Waals surface area contributed by atoms with Crippen molar-refractivity contribution in [3.05, 3.63) is 100 Å². The number of furan rings is 1. The Morgan fingerprint density at radius 3 is 2.50 bits per heavy atom. The number of hydrogen-bond donors (Lipinski definition) is 1. The van der Waals surface area contributed by atoms with Crippen molar-refractivity contribution in [3.8, 4) is 0 Å². The van der Waals surface area contributed by atoms with Crippen LogP contribution in [0.25, 0.3) is 0 Å². The standard InChI is InChI=1S/C21H15ClN2O4/c22-15-5-3-14(4-6-15)18-17(19(25)16-2-1-11-28-16)20(26)21(27)24(18)12-13-7-9-23-10-8-13/h1-11,18,26H,12H2. The molecule has 0 radical (unpaired) electrons. The first-order valence-corrected chi connectivity index (χ1v) is 8.90. The number of hydrogen-bond acceptors (Lipinski definition) is 5. The molecule has 0 aliphatic carbocycles. The highest BCUT2D eigenvalue weighted by atomic mass is 35.5. The highest BCUT2D eigenvalue weighted by molar-refractivity contribution is 6.30. The number of benzene rings is 1. The van der Waals surface area contributed by atoms with Gasteiger partial charge in [0.15, 0.2) is 11.5 Å². The molecular formula is C21H15ClN2O4. The van der Waals surface area contributed by atoms with Crippen LogP contribution in [0, 0.1) is 0 Å². The fraction of sp³-hybridized carbons (Fsp3) is 0.0952. The molecule has 0 bridgehead atoms. The summed E-state index contributed by atoms with van der Waals surface area (Å²) in [5, 5.41) is 11.1. The summed E-state index contributed by atoms with van der Waals surface area (Å²) in [4.78, 5) is 31.2. The number of carbonyl (C=O) groups excluding carboxylic acids is 2. The second kappa shape index (κ2) is 7.32. The van der Waals surface area contributed by atoms with E-state index >= 15 is 0 Å². The van der Waals surface area contributed by atoms with Gasteiger partial charge in [0.1, 0.15) is 0 Å². The number of halogens is 1. The molecule has 1 atom stereocenters. The molecule has 2 aromatic heterocycles. The molecule has 1 aromatic carbocycles. The summed E-state index contributed by atoms with van der Waals surface area (Å²) >= 11 is 5.99. The van der Waals surface area contributed by atoms with Crippen LogP contribution in [0.3, 0.4) is 0 Å². The number of pyridine rings is 1. The van der Waals surface area contributed by atoms with E-state index in [9.17, 15) is 14.7 Å². The summed E-state index contributed by atoms with van der Waals surface area (Å²) in [7, 11) is 0. The second-order valence-corrected chi connectivity index (χ2v) is 6.75. The van der Waals surface area contributed by atoms with Crippen molar-refractivity contribution in [2.45, 2.75) is 12.6 Å². The van der Waals surface area contributed by atoms with Crippen LogP contribution in [0.4, 0.5) is 0 Å². The number of aliphatic hydroxyl groups excluding tert-OH is 1. The van der Waals surface area contributed by atoms with Gasteiger partial charge < -0.3 is 14.4 Å². The monoisotopic (exact) mass is 394 g/mol. The zero-order valence-corrected chi connectivity index (χ0v) is 15.3. The Morgan fingerprint density at radius 1 is 1.14 bits per heavy atom. The highest BCUT2D eigenvalue weighted by Gasteiger charge is 2.44. The van der Waals surface area contributed by atoms with E-state index in [0.717, 1.165) is 5.56 Å². The van der Waals surface area contributed by atoms with Crippen molar-refractivity contribution in [2.24, 2.45) is 0 Å². The number of carbonyl (C=O) groups is 2. The van der Waals surface area contributed by atoms with Crippen molar-refractivity contribution < 1.29 is 19.1 Å². The first-order valence-electron chi connectivity index (χ1n) is 8.53. The Labute approximate surface area is 165 Å². The molecular weight excluding hydrogens is 380 g/mol. The first-order chi connectivity index (χ1) is 13.6. The molecule has 1 aliphatic heterocycles. The summed E-state index contributed by atoms with van der Waals surface area (Å²) in [6.07, 6.45) is 4.61. The molecule has 0 spiro atoms. The van der Waals surface area contributed by atoms with Crippen LogP contribution < -0.4 is 0 Å². The molecule has 140 valence electrons. The smallest absolute Gasteiger partial charge is 0.290 e. The Hall–Kier alpha value is -3.38. The lowest BCUT2D eigenvalue weighted by atomic mass is 9.95. The summed E-state index contributed by atoms with van der Waals surface area (Å²) in [5.41, 5.74) is 1.46. The van der Waals surface area contributed by atoms with E-state index in [2.05, 4.69) is 4.98 Å². The van der Waals surface area contributed by atoms with E-state index < -0.39 is 23.5 Å². The molecule has 1 aliphatic rings. The second-order valence-electron chi connectivity index (χ2n) is 6.31. The Morgan fingerprint density at radius 2 is 1.86 bits per heavy atom. The summed E-state index contributed by atoms with van der Waals surface area (Å²) in [6, 6.07) is 12.7. The molecule has 7 heteroatoms. The molecule has 0 saturated carbocycles. The maximum Gasteiger partial charge on any atom is 0.290 e. The lowest BCUT2D eigenvalue weighted by Gasteiger charge is -2.26. The first kappa shape index (κ1) is 18.0. The van der Waals surface area contributed by atoms with Gasteiger partial charge >= 0.3 is 0 Å². The largest absolute Gasteiger partial charge is 0.503 e. The van der Waals surface area contributed by atoms with Gasteiger partial charge in [0, 0.05) is 24.0 Å². The van der Waals surface area contributed by atoms with Crippen molar-refractivity contribution >= 4 is 23.3 Å². The average Bonchev–Trinajstić information content (AvgIpc) is 3.33. The van der Waals surface area contributed by atoms with Crippen molar-refractivity contribution in [3.63, 3.8) is 0 Å². The molecule has 3 heterocycles. The van der Waals surface area contributed by atoms with E-state index in [1.54, 1.807) is 54.9 Å². The number of Topliss-reactive ketones (excluding diaryl/α,β-unsaturated/α-hetero) is 1. The van der Waals surface area contributed by atoms with E-state index in [1.165, 1.54) is 17.2 Å². The number of aliphatic hydroxyl groups is 1. The lowest BCUT2D eigenvalue weighted by molar-refractivity contribution is -0.130. The minimum absolute atomic E-state index is 0.0173. The number of ketones is 1. The minimum atomic E-state index is -0.768. The van der Waals surface area contributed by atoms with E-state index in [1.807, 2.05) is 0 Å². The van der Waals surface area contributed by atoms with Gasteiger partial charge in [-0.05, 0) is 47.5 Å². The zero-order valence-electron chi connectivity index (χ0n) is 14.6. The van der Waals surface area contributed by atoms with E-state index in [0.29, 0.717) is 10.6 Å². The van der Waals surface area contributed by atoms with Gasteiger partial charge in [-0.15, -0.1) is 0 Å². The Bertz CT molecular complexity index is 1040.